The summed E-state index contributed by atoms with van der Waals surface area (Å²) in [6.45, 7) is 5.95. The van der Waals surface area contributed by atoms with E-state index in [-0.39, 0.29) is 0 Å². The molecule has 2 aromatic rings. The molecule has 2 rings (SSSR count). The number of hydrogen-bond acceptors (Lipinski definition) is 3. The third-order valence-corrected chi connectivity index (χ3v) is 3.50. The zero-order chi connectivity index (χ0) is 14.7. The number of pyridine rings is 1. The molecule has 0 aliphatic carbocycles. The van der Waals surface area contributed by atoms with Gasteiger partial charge >= 0.3 is 0 Å². The smallest absolute Gasteiger partial charge is 0.145 e. The molecule has 1 N–H and O–H groups in total. The van der Waals surface area contributed by atoms with Gasteiger partial charge in [-0.25, -0.2) is 0 Å². The summed E-state index contributed by atoms with van der Waals surface area (Å²) in [5.41, 5.74) is 1.77. The molecule has 1 heterocycles. The number of halogens is 1. The van der Waals surface area contributed by atoms with Gasteiger partial charge in [-0.1, -0.05) is 29.8 Å². The highest BCUT2D eigenvalue weighted by molar-refractivity contribution is 9.10. The van der Waals surface area contributed by atoms with E-state index in [2.05, 4.69) is 40.8 Å². The Morgan fingerprint density at radius 2 is 1.90 bits per heavy atom. The van der Waals surface area contributed by atoms with E-state index in [1.807, 2.05) is 18.2 Å². The molecule has 1 atom stereocenters. The van der Waals surface area contributed by atoms with Gasteiger partial charge in [-0.05, 0) is 48.7 Å². The molecule has 0 spiro atoms. The first kappa shape index (κ1) is 15.0. The summed E-state index contributed by atoms with van der Waals surface area (Å²) >= 11 is 3.48. The fourth-order valence-corrected chi connectivity index (χ4v) is 2.27. The van der Waals surface area contributed by atoms with Crippen LogP contribution in [0.2, 0.25) is 0 Å². The Balaban J connectivity index is 2.25. The second kappa shape index (κ2) is 6.37. The molecule has 4 heteroatoms. The molecule has 0 saturated carbocycles. The average Bonchev–Trinajstić information content (AvgIpc) is 2.41. The van der Waals surface area contributed by atoms with Crippen LogP contribution in [-0.2, 0) is 0 Å². The lowest BCUT2D eigenvalue weighted by atomic mass is 10.0. The minimum Gasteiger partial charge on any atom is -0.455 e. The van der Waals surface area contributed by atoms with Crippen molar-refractivity contribution in [1.29, 1.82) is 0 Å². The predicted molar refractivity (Wildman–Crippen MR) is 83.2 cm³/mol. The normalized spacial score (nSPS) is 12.5. The van der Waals surface area contributed by atoms with E-state index in [1.165, 1.54) is 0 Å². The van der Waals surface area contributed by atoms with Gasteiger partial charge in [-0.2, -0.15) is 0 Å². The number of nitrogens with zero attached hydrogens (tertiary/aromatic N) is 1. The lowest BCUT2D eigenvalue weighted by Crippen LogP contribution is -1.97. The van der Waals surface area contributed by atoms with Crippen molar-refractivity contribution in [2.24, 2.45) is 0 Å². The van der Waals surface area contributed by atoms with Gasteiger partial charge in [0.1, 0.15) is 11.5 Å². The topological polar surface area (TPSA) is 42.4 Å². The van der Waals surface area contributed by atoms with Crippen molar-refractivity contribution in [2.75, 3.05) is 0 Å². The first-order chi connectivity index (χ1) is 9.47. The fourth-order valence-electron chi connectivity index (χ4n) is 1.89. The monoisotopic (exact) mass is 335 g/mol. The van der Waals surface area contributed by atoms with Crippen LogP contribution in [-0.4, -0.2) is 10.1 Å². The average molecular weight is 336 g/mol. The minimum atomic E-state index is -0.567. The van der Waals surface area contributed by atoms with E-state index in [0.29, 0.717) is 17.4 Å². The number of ether oxygens (including phenoxy) is 1. The molecular weight excluding hydrogens is 318 g/mol. The summed E-state index contributed by atoms with van der Waals surface area (Å²) in [6, 6.07) is 9.56. The molecule has 0 aliphatic rings. The van der Waals surface area contributed by atoms with Crippen LogP contribution in [0.1, 0.15) is 44.1 Å². The molecule has 0 saturated heterocycles. The SMILES string of the molecule is CC(C)c1cc(Br)ccc1Oc1ccc([C@@H](C)O)nc1. The van der Waals surface area contributed by atoms with Crippen molar-refractivity contribution in [1.82, 2.24) is 4.98 Å². The molecule has 0 aliphatic heterocycles. The van der Waals surface area contributed by atoms with Crippen LogP contribution in [0.15, 0.2) is 41.0 Å². The summed E-state index contributed by atoms with van der Waals surface area (Å²) < 4.78 is 6.93. The Bertz CT molecular complexity index is 580. The van der Waals surface area contributed by atoms with Crippen molar-refractivity contribution >= 4 is 15.9 Å². The first-order valence-corrected chi connectivity index (χ1v) is 7.38. The Labute approximate surface area is 127 Å². The summed E-state index contributed by atoms with van der Waals surface area (Å²) in [4.78, 5) is 4.18. The third kappa shape index (κ3) is 3.58. The molecule has 106 valence electrons. The number of hydrogen-bond donors (Lipinski definition) is 1. The number of aliphatic hydroxyl groups is 1. The Kier molecular flexibility index (Phi) is 4.78. The number of rotatable bonds is 4. The van der Waals surface area contributed by atoms with Crippen molar-refractivity contribution in [3.05, 3.63) is 52.3 Å². The van der Waals surface area contributed by atoms with Crippen molar-refractivity contribution in [2.45, 2.75) is 32.8 Å². The first-order valence-electron chi connectivity index (χ1n) is 6.58. The Morgan fingerprint density at radius 1 is 1.15 bits per heavy atom. The zero-order valence-electron chi connectivity index (χ0n) is 11.8. The lowest BCUT2D eigenvalue weighted by molar-refractivity contribution is 0.194. The molecule has 0 amide bonds. The van der Waals surface area contributed by atoms with Crippen molar-refractivity contribution in [3.8, 4) is 11.5 Å². The van der Waals surface area contributed by atoms with Crippen LogP contribution in [0.3, 0.4) is 0 Å². The van der Waals surface area contributed by atoms with Crippen LogP contribution in [0.25, 0.3) is 0 Å². The van der Waals surface area contributed by atoms with Gasteiger partial charge in [-0.15, -0.1) is 0 Å². The largest absolute Gasteiger partial charge is 0.455 e. The van der Waals surface area contributed by atoms with Gasteiger partial charge in [0.15, 0.2) is 0 Å². The summed E-state index contributed by atoms with van der Waals surface area (Å²) in [7, 11) is 0. The number of aliphatic hydroxyl groups excluding tert-OH is 1. The molecule has 1 aromatic carbocycles. The van der Waals surface area contributed by atoms with Gasteiger partial charge in [0.2, 0.25) is 0 Å². The molecule has 3 nitrogen and oxygen atoms in total. The zero-order valence-corrected chi connectivity index (χ0v) is 13.4. The van der Waals surface area contributed by atoms with E-state index < -0.39 is 6.10 Å². The van der Waals surface area contributed by atoms with Crippen LogP contribution in [0, 0.1) is 0 Å². The second-order valence-electron chi connectivity index (χ2n) is 5.03. The van der Waals surface area contributed by atoms with Gasteiger partial charge in [0.25, 0.3) is 0 Å². The highest BCUT2D eigenvalue weighted by Gasteiger charge is 2.10. The van der Waals surface area contributed by atoms with Crippen molar-refractivity contribution < 1.29 is 9.84 Å². The predicted octanol–water partition coefficient (Wildman–Crippen LogP) is 4.81. The lowest BCUT2D eigenvalue weighted by Gasteiger charge is -2.14. The molecular formula is C16H18BrNO2. The second-order valence-corrected chi connectivity index (χ2v) is 5.95. The van der Waals surface area contributed by atoms with E-state index in [4.69, 9.17) is 4.74 Å². The van der Waals surface area contributed by atoms with Gasteiger partial charge in [-0.3, -0.25) is 4.98 Å². The van der Waals surface area contributed by atoms with Crippen LogP contribution in [0.4, 0.5) is 0 Å². The van der Waals surface area contributed by atoms with E-state index in [9.17, 15) is 5.11 Å². The molecule has 1 aromatic heterocycles. The van der Waals surface area contributed by atoms with E-state index >= 15 is 0 Å². The maximum Gasteiger partial charge on any atom is 0.145 e. The van der Waals surface area contributed by atoms with Gasteiger partial charge < -0.3 is 9.84 Å². The molecule has 0 fully saturated rings. The van der Waals surface area contributed by atoms with Crippen LogP contribution >= 0.6 is 15.9 Å². The fraction of sp³-hybridized carbons (Fsp3) is 0.312. The summed E-state index contributed by atoms with van der Waals surface area (Å²) in [5, 5.41) is 9.44. The maximum absolute atomic E-state index is 9.44. The van der Waals surface area contributed by atoms with Crippen LogP contribution in [0.5, 0.6) is 11.5 Å². The molecule has 0 bridgehead atoms. The number of aromatic nitrogens is 1. The highest BCUT2D eigenvalue weighted by atomic mass is 79.9. The summed E-state index contributed by atoms with van der Waals surface area (Å²) in [6.07, 6.45) is 1.07. The quantitative estimate of drug-likeness (QED) is 0.871. The number of benzene rings is 1. The van der Waals surface area contributed by atoms with Gasteiger partial charge in [0.05, 0.1) is 18.0 Å². The highest BCUT2D eigenvalue weighted by Crippen LogP contribution is 2.32. The Morgan fingerprint density at radius 3 is 2.45 bits per heavy atom. The molecule has 0 radical (unpaired) electrons. The van der Waals surface area contributed by atoms with E-state index in [1.54, 1.807) is 19.2 Å². The standard InChI is InChI=1S/C16H18BrNO2/c1-10(2)14-8-12(17)4-7-16(14)20-13-5-6-15(11(3)19)18-9-13/h4-11,19H,1-3H3/t11-/m1/s1. The molecule has 0 unspecified atom stereocenters. The minimum absolute atomic E-state index is 0.368. The van der Waals surface area contributed by atoms with Crippen molar-refractivity contribution in [3.63, 3.8) is 0 Å². The van der Waals surface area contributed by atoms with Gasteiger partial charge in [0, 0.05) is 4.47 Å². The third-order valence-electron chi connectivity index (χ3n) is 3.01. The van der Waals surface area contributed by atoms with E-state index in [0.717, 1.165) is 15.8 Å². The summed E-state index contributed by atoms with van der Waals surface area (Å²) in [5.74, 6) is 1.86. The molecule has 20 heavy (non-hydrogen) atoms. The maximum atomic E-state index is 9.44. The van der Waals surface area contributed by atoms with Crippen LogP contribution < -0.4 is 4.74 Å². The Hall–Kier alpha value is -1.39.